The van der Waals surface area contributed by atoms with Crippen LogP contribution in [0.3, 0.4) is 0 Å². The van der Waals surface area contributed by atoms with Crippen molar-refractivity contribution >= 4 is 17.7 Å². The van der Waals surface area contributed by atoms with Crippen molar-refractivity contribution in [1.29, 1.82) is 0 Å². The van der Waals surface area contributed by atoms with Crippen molar-refractivity contribution in [3.8, 4) is 0 Å². The first kappa shape index (κ1) is 18.2. The lowest BCUT2D eigenvalue weighted by molar-refractivity contribution is -0.159. The van der Waals surface area contributed by atoms with E-state index >= 15 is 0 Å². The molecule has 1 aromatic carbocycles. The number of benzene rings is 1. The predicted molar refractivity (Wildman–Crippen MR) is 99.9 cm³/mol. The Morgan fingerprint density at radius 3 is 2.48 bits per heavy atom. The van der Waals surface area contributed by atoms with Crippen LogP contribution in [0.25, 0.3) is 0 Å². The number of carbonyl (C=O) groups is 3. The number of hydrogen-bond donors (Lipinski definition) is 1. The van der Waals surface area contributed by atoms with Crippen LogP contribution < -0.4 is 5.32 Å². The van der Waals surface area contributed by atoms with E-state index in [4.69, 9.17) is 4.74 Å². The van der Waals surface area contributed by atoms with Crippen molar-refractivity contribution in [1.82, 2.24) is 5.32 Å². The Bertz CT molecular complexity index is 787. The van der Waals surface area contributed by atoms with Gasteiger partial charge < -0.3 is 10.1 Å². The SMILES string of the molecule is CCOC(=O)[C@@]1(NC(=O)c2ccccc2)C(=O)[C@H]2C[C@@H]1[C@@H]1CC(C)(C)C[C@@H]12. The third-order valence-electron chi connectivity index (χ3n) is 6.89. The van der Waals surface area contributed by atoms with Crippen molar-refractivity contribution in [2.45, 2.75) is 45.6 Å². The first-order valence-corrected chi connectivity index (χ1v) is 9.89. The minimum absolute atomic E-state index is 0.144. The Balaban J connectivity index is 1.71. The Hall–Kier alpha value is -2.17. The highest BCUT2D eigenvalue weighted by atomic mass is 16.5. The number of Topliss-reactive ketones (excluding diaryl/α,β-unsaturated/α-hetero) is 1. The van der Waals surface area contributed by atoms with Gasteiger partial charge in [0.25, 0.3) is 5.91 Å². The first-order chi connectivity index (χ1) is 12.8. The maximum absolute atomic E-state index is 13.4. The number of rotatable bonds is 4. The van der Waals surface area contributed by atoms with Gasteiger partial charge in [-0.25, -0.2) is 4.79 Å². The third-order valence-corrected chi connectivity index (χ3v) is 6.89. The number of carbonyl (C=O) groups excluding carboxylic acids is 3. The summed E-state index contributed by atoms with van der Waals surface area (Å²) in [4.78, 5) is 39.3. The number of hydrogen-bond acceptors (Lipinski definition) is 4. The fourth-order valence-corrected chi connectivity index (χ4v) is 5.98. The minimum atomic E-state index is -1.53. The lowest BCUT2D eigenvalue weighted by Gasteiger charge is -2.39. The number of amides is 1. The van der Waals surface area contributed by atoms with Crippen molar-refractivity contribution in [2.24, 2.45) is 29.1 Å². The zero-order valence-corrected chi connectivity index (χ0v) is 16.2. The lowest BCUT2D eigenvalue weighted by Crippen LogP contribution is -2.66. The molecule has 0 unspecified atom stereocenters. The molecule has 3 aliphatic rings. The minimum Gasteiger partial charge on any atom is -0.464 e. The molecule has 0 spiro atoms. The topological polar surface area (TPSA) is 72.5 Å². The molecule has 2 bridgehead atoms. The Kier molecular flexibility index (Phi) is 4.17. The average molecular weight is 369 g/mol. The van der Waals surface area contributed by atoms with Crippen LogP contribution in [0, 0.1) is 29.1 Å². The molecule has 0 aromatic heterocycles. The summed E-state index contributed by atoms with van der Waals surface area (Å²) in [6.45, 7) is 6.36. The summed E-state index contributed by atoms with van der Waals surface area (Å²) in [6, 6.07) is 8.74. The maximum atomic E-state index is 13.4. The molecule has 0 aliphatic heterocycles. The maximum Gasteiger partial charge on any atom is 0.340 e. The van der Waals surface area contributed by atoms with E-state index in [1.807, 2.05) is 6.07 Å². The van der Waals surface area contributed by atoms with Crippen LogP contribution in [0.2, 0.25) is 0 Å². The van der Waals surface area contributed by atoms with E-state index in [1.54, 1.807) is 31.2 Å². The van der Waals surface area contributed by atoms with Gasteiger partial charge in [0.05, 0.1) is 6.61 Å². The second-order valence-electron chi connectivity index (χ2n) is 9.06. The van der Waals surface area contributed by atoms with Gasteiger partial charge in [-0.3, -0.25) is 9.59 Å². The van der Waals surface area contributed by atoms with Crippen LogP contribution in [0.4, 0.5) is 0 Å². The molecule has 1 amide bonds. The average Bonchev–Trinajstić information content (AvgIpc) is 3.22. The smallest absolute Gasteiger partial charge is 0.340 e. The van der Waals surface area contributed by atoms with E-state index in [0.717, 1.165) is 12.8 Å². The van der Waals surface area contributed by atoms with Crippen LogP contribution in [0.1, 0.15) is 50.4 Å². The normalized spacial score (nSPS) is 35.7. The molecule has 0 saturated heterocycles. The molecule has 27 heavy (non-hydrogen) atoms. The van der Waals surface area contributed by atoms with Gasteiger partial charge in [-0.2, -0.15) is 0 Å². The highest BCUT2D eigenvalue weighted by Gasteiger charge is 2.72. The van der Waals surface area contributed by atoms with Gasteiger partial charge in [0.2, 0.25) is 5.54 Å². The zero-order valence-electron chi connectivity index (χ0n) is 16.2. The molecular formula is C22H27NO4. The van der Waals surface area contributed by atoms with Gasteiger partial charge >= 0.3 is 5.97 Å². The van der Waals surface area contributed by atoms with Crippen molar-refractivity contribution in [2.75, 3.05) is 6.61 Å². The van der Waals surface area contributed by atoms with Crippen LogP contribution in [-0.2, 0) is 14.3 Å². The summed E-state index contributed by atoms with van der Waals surface area (Å²) in [5.74, 6) is -0.838. The van der Waals surface area contributed by atoms with E-state index < -0.39 is 17.4 Å². The Morgan fingerprint density at radius 2 is 1.81 bits per heavy atom. The number of fused-ring (bicyclic) bond motifs is 5. The second kappa shape index (κ2) is 6.18. The van der Waals surface area contributed by atoms with Crippen LogP contribution in [-0.4, -0.2) is 29.8 Å². The quantitative estimate of drug-likeness (QED) is 0.654. The predicted octanol–water partition coefficient (Wildman–Crippen LogP) is 2.99. The van der Waals surface area contributed by atoms with Gasteiger partial charge in [-0.1, -0.05) is 32.0 Å². The van der Waals surface area contributed by atoms with Gasteiger partial charge in [-0.05, 0) is 55.6 Å². The largest absolute Gasteiger partial charge is 0.464 e. The fourth-order valence-electron chi connectivity index (χ4n) is 5.98. The monoisotopic (exact) mass is 369 g/mol. The van der Waals surface area contributed by atoms with Gasteiger partial charge in [-0.15, -0.1) is 0 Å². The van der Waals surface area contributed by atoms with Gasteiger partial charge in [0.15, 0.2) is 5.78 Å². The molecule has 0 radical (unpaired) electrons. The number of ketones is 1. The molecule has 5 nitrogen and oxygen atoms in total. The van der Waals surface area contributed by atoms with E-state index in [2.05, 4.69) is 19.2 Å². The second-order valence-corrected chi connectivity index (χ2v) is 9.06. The lowest BCUT2D eigenvalue weighted by atomic mass is 9.69. The van der Waals surface area contributed by atoms with Gasteiger partial charge in [0.1, 0.15) is 0 Å². The highest BCUT2D eigenvalue weighted by Crippen LogP contribution is 2.64. The van der Waals surface area contributed by atoms with E-state index in [-0.39, 0.29) is 35.6 Å². The molecule has 5 atom stereocenters. The Labute approximate surface area is 159 Å². The molecule has 144 valence electrons. The van der Waals surface area contributed by atoms with Gasteiger partial charge in [0, 0.05) is 17.4 Å². The zero-order chi connectivity index (χ0) is 19.4. The summed E-state index contributed by atoms with van der Waals surface area (Å²) >= 11 is 0. The van der Waals surface area contributed by atoms with Crippen molar-refractivity contribution in [3.63, 3.8) is 0 Å². The van der Waals surface area contributed by atoms with Crippen LogP contribution in [0.5, 0.6) is 0 Å². The fraction of sp³-hybridized carbons (Fsp3) is 0.591. The first-order valence-electron chi connectivity index (χ1n) is 9.89. The van der Waals surface area contributed by atoms with Crippen LogP contribution >= 0.6 is 0 Å². The highest BCUT2D eigenvalue weighted by molar-refractivity contribution is 6.16. The summed E-state index contributed by atoms with van der Waals surface area (Å²) in [5.41, 5.74) is -0.921. The molecule has 3 fully saturated rings. The molecular weight excluding hydrogens is 342 g/mol. The van der Waals surface area contributed by atoms with E-state index in [1.165, 1.54) is 0 Å². The summed E-state index contributed by atoms with van der Waals surface area (Å²) in [7, 11) is 0. The molecule has 5 heteroatoms. The molecule has 3 saturated carbocycles. The molecule has 0 heterocycles. The Morgan fingerprint density at radius 1 is 1.15 bits per heavy atom. The van der Waals surface area contributed by atoms with E-state index in [0.29, 0.717) is 17.9 Å². The van der Waals surface area contributed by atoms with E-state index in [9.17, 15) is 14.4 Å². The number of nitrogens with one attached hydrogen (secondary N) is 1. The summed E-state index contributed by atoms with van der Waals surface area (Å²) < 4.78 is 5.31. The molecule has 4 rings (SSSR count). The number of esters is 1. The standard InChI is InChI=1S/C22H27NO4/c1-4-27-20(26)22(23-19(25)13-8-6-5-7-9-13)17-10-14(18(22)24)15-11-21(2,3)12-16(15)17/h5-9,14-17H,4,10-12H2,1-3H3,(H,23,25)/t14-,15+,16+,17+,22-/m0/s1. The summed E-state index contributed by atoms with van der Waals surface area (Å²) in [6.07, 6.45) is 2.67. The molecule has 1 N–H and O–H groups in total. The van der Waals surface area contributed by atoms with Crippen LogP contribution in [0.15, 0.2) is 30.3 Å². The number of ether oxygens (including phenoxy) is 1. The van der Waals surface area contributed by atoms with Crippen molar-refractivity contribution in [3.05, 3.63) is 35.9 Å². The van der Waals surface area contributed by atoms with Crippen molar-refractivity contribution < 1.29 is 19.1 Å². The third kappa shape index (κ3) is 2.62. The summed E-state index contributed by atoms with van der Waals surface area (Å²) in [5, 5.41) is 2.85. The molecule has 3 aliphatic carbocycles. The molecule has 1 aromatic rings.